The molecule has 1 aliphatic carbocycles. The number of ether oxygens (including phenoxy) is 1. The number of benzene rings is 1. The molecule has 1 aromatic carbocycles. The number of halogens is 3. The van der Waals surface area contributed by atoms with Crippen molar-refractivity contribution in [3.63, 3.8) is 0 Å². The molecule has 24 heavy (non-hydrogen) atoms. The standard InChI is InChI=1S/C17H20F3NO3/c1-11-2-8-14(9-3-11)21-15(22)10-24-16(23)12-4-6-13(7-5-12)17(18,19)20/h4-7,11,14H,2-3,8-10H2,1H3,(H,21,22). The van der Waals surface area contributed by atoms with Gasteiger partial charge in [-0.15, -0.1) is 0 Å². The molecule has 0 bridgehead atoms. The van der Waals surface area contributed by atoms with Gasteiger partial charge in [0.25, 0.3) is 5.91 Å². The van der Waals surface area contributed by atoms with E-state index in [0.29, 0.717) is 5.92 Å². The third-order valence-corrected chi connectivity index (χ3v) is 4.16. The normalized spacial score (nSPS) is 21.2. The van der Waals surface area contributed by atoms with Crippen molar-refractivity contribution >= 4 is 11.9 Å². The van der Waals surface area contributed by atoms with Crippen LogP contribution in [0.2, 0.25) is 0 Å². The van der Waals surface area contributed by atoms with E-state index in [0.717, 1.165) is 49.9 Å². The zero-order valence-corrected chi connectivity index (χ0v) is 13.4. The molecule has 1 N–H and O–H groups in total. The summed E-state index contributed by atoms with van der Waals surface area (Å²) in [6.45, 7) is 1.73. The van der Waals surface area contributed by atoms with Gasteiger partial charge in [-0.25, -0.2) is 4.79 Å². The lowest BCUT2D eigenvalue weighted by Gasteiger charge is -2.26. The molecule has 2 rings (SSSR count). The smallest absolute Gasteiger partial charge is 0.416 e. The lowest BCUT2D eigenvalue weighted by Crippen LogP contribution is -2.39. The maximum Gasteiger partial charge on any atom is 0.416 e. The summed E-state index contributed by atoms with van der Waals surface area (Å²) < 4.78 is 42.2. The molecule has 1 fully saturated rings. The van der Waals surface area contributed by atoms with Crippen molar-refractivity contribution in [1.29, 1.82) is 0 Å². The molecule has 1 aliphatic rings. The second-order valence-corrected chi connectivity index (χ2v) is 6.18. The van der Waals surface area contributed by atoms with E-state index in [1.165, 1.54) is 0 Å². The molecule has 0 saturated heterocycles. The zero-order chi connectivity index (χ0) is 17.7. The number of hydrogen-bond donors (Lipinski definition) is 1. The molecule has 4 nitrogen and oxygen atoms in total. The van der Waals surface area contributed by atoms with E-state index >= 15 is 0 Å². The topological polar surface area (TPSA) is 55.4 Å². The SMILES string of the molecule is CC1CCC(NC(=O)COC(=O)c2ccc(C(F)(F)F)cc2)CC1. The minimum atomic E-state index is -4.46. The van der Waals surface area contributed by atoms with E-state index in [-0.39, 0.29) is 11.6 Å². The predicted octanol–water partition coefficient (Wildman–Crippen LogP) is 3.56. The number of carbonyl (C=O) groups excluding carboxylic acids is 2. The fourth-order valence-corrected chi connectivity index (χ4v) is 2.68. The number of amides is 1. The van der Waals surface area contributed by atoms with Crippen LogP contribution in [-0.4, -0.2) is 24.5 Å². The van der Waals surface area contributed by atoms with Gasteiger partial charge in [0.05, 0.1) is 11.1 Å². The first-order valence-corrected chi connectivity index (χ1v) is 7.89. The van der Waals surface area contributed by atoms with Gasteiger partial charge in [0, 0.05) is 6.04 Å². The van der Waals surface area contributed by atoms with E-state index in [1.807, 2.05) is 0 Å². The molecule has 0 radical (unpaired) electrons. The number of carbonyl (C=O) groups is 2. The van der Waals surface area contributed by atoms with Gasteiger partial charge in [0.15, 0.2) is 6.61 Å². The molecule has 0 heterocycles. The molecule has 0 spiro atoms. The van der Waals surface area contributed by atoms with Crippen LogP contribution >= 0.6 is 0 Å². The van der Waals surface area contributed by atoms with E-state index in [2.05, 4.69) is 12.2 Å². The molecular weight excluding hydrogens is 323 g/mol. The van der Waals surface area contributed by atoms with Crippen molar-refractivity contribution in [2.24, 2.45) is 5.92 Å². The van der Waals surface area contributed by atoms with Crippen molar-refractivity contribution in [2.75, 3.05) is 6.61 Å². The Morgan fingerprint density at radius 2 is 1.71 bits per heavy atom. The van der Waals surface area contributed by atoms with Crippen LogP contribution in [0.3, 0.4) is 0 Å². The molecule has 7 heteroatoms. The predicted molar refractivity (Wildman–Crippen MR) is 81.3 cm³/mol. The van der Waals surface area contributed by atoms with Crippen molar-refractivity contribution < 1.29 is 27.5 Å². The zero-order valence-electron chi connectivity index (χ0n) is 13.4. The van der Waals surface area contributed by atoms with Crippen LogP contribution in [0.15, 0.2) is 24.3 Å². The Labute approximate surface area is 138 Å². The first-order chi connectivity index (χ1) is 11.3. The number of hydrogen-bond acceptors (Lipinski definition) is 3. The maximum absolute atomic E-state index is 12.5. The van der Waals surface area contributed by atoms with Crippen LogP contribution in [0.1, 0.15) is 48.5 Å². The Hall–Kier alpha value is -2.05. The molecule has 0 aromatic heterocycles. The molecular formula is C17H20F3NO3. The van der Waals surface area contributed by atoms with E-state index in [1.54, 1.807) is 0 Å². The molecule has 1 amide bonds. The summed E-state index contributed by atoms with van der Waals surface area (Å²) in [6, 6.07) is 3.77. The van der Waals surface area contributed by atoms with Crippen molar-refractivity contribution in [2.45, 2.75) is 44.8 Å². The largest absolute Gasteiger partial charge is 0.452 e. The average Bonchev–Trinajstić information content (AvgIpc) is 2.54. The monoisotopic (exact) mass is 343 g/mol. The van der Waals surface area contributed by atoms with Gasteiger partial charge in [-0.2, -0.15) is 13.2 Å². The highest BCUT2D eigenvalue weighted by Gasteiger charge is 2.30. The van der Waals surface area contributed by atoms with Crippen LogP contribution in [0.4, 0.5) is 13.2 Å². The van der Waals surface area contributed by atoms with Gasteiger partial charge in [-0.05, 0) is 55.9 Å². The Kier molecular flexibility index (Phi) is 5.85. The Morgan fingerprint density at radius 1 is 1.12 bits per heavy atom. The first kappa shape index (κ1) is 18.3. The minimum absolute atomic E-state index is 0.0257. The lowest BCUT2D eigenvalue weighted by atomic mass is 9.87. The molecule has 1 aromatic rings. The minimum Gasteiger partial charge on any atom is -0.452 e. The summed E-state index contributed by atoms with van der Waals surface area (Å²) in [7, 11) is 0. The number of nitrogens with one attached hydrogen (secondary N) is 1. The summed E-state index contributed by atoms with van der Waals surface area (Å²) in [4.78, 5) is 23.5. The Morgan fingerprint density at radius 3 is 2.25 bits per heavy atom. The molecule has 0 aliphatic heterocycles. The van der Waals surface area contributed by atoms with Gasteiger partial charge in [0.1, 0.15) is 0 Å². The van der Waals surface area contributed by atoms with Crippen LogP contribution < -0.4 is 5.32 Å². The van der Waals surface area contributed by atoms with Gasteiger partial charge in [0.2, 0.25) is 0 Å². The van der Waals surface area contributed by atoms with Crippen LogP contribution in [0.25, 0.3) is 0 Å². The Bertz CT molecular complexity index is 576. The molecule has 0 atom stereocenters. The van der Waals surface area contributed by atoms with Crippen molar-refractivity contribution in [3.8, 4) is 0 Å². The summed E-state index contributed by atoms with van der Waals surface area (Å²) in [5, 5.41) is 2.81. The summed E-state index contributed by atoms with van der Waals surface area (Å²) in [5.41, 5.74) is -0.870. The van der Waals surface area contributed by atoms with E-state index in [4.69, 9.17) is 4.74 Å². The highest BCUT2D eigenvalue weighted by Crippen LogP contribution is 2.29. The quantitative estimate of drug-likeness (QED) is 0.851. The first-order valence-electron chi connectivity index (χ1n) is 7.89. The summed E-state index contributed by atoms with van der Waals surface area (Å²) in [6.07, 6.45) is -0.550. The summed E-state index contributed by atoms with van der Waals surface area (Å²) in [5.74, 6) is -0.554. The summed E-state index contributed by atoms with van der Waals surface area (Å²) >= 11 is 0. The van der Waals surface area contributed by atoms with Crippen LogP contribution in [0, 0.1) is 5.92 Å². The van der Waals surface area contributed by atoms with Gasteiger partial charge in [-0.3, -0.25) is 4.79 Å². The average molecular weight is 343 g/mol. The third-order valence-electron chi connectivity index (χ3n) is 4.16. The highest BCUT2D eigenvalue weighted by atomic mass is 19.4. The molecule has 1 saturated carbocycles. The highest BCUT2D eigenvalue weighted by molar-refractivity contribution is 5.91. The molecule has 132 valence electrons. The van der Waals surface area contributed by atoms with Crippen LogP contribution in [0.5, 0.6) is 0 Å². The van der Waals surface area contributed by atoms with Crippen molar-refractivity contribution in [1.82, 2.24) is 5.32 Å². The van der Waals surface area contributed by atoms with Crippen LogP contribution in [-0.2, 0) is 15.7 Å². The van der Waals surface area contributed by atoms with Gasteiger partial charge < -0.3 is 10.1 Å². The van der Waals surface area contributed by atoms with Crippen molar-refractivity contribution in [3.05, 3.63) is 35.4 Å². The second-order valence-electron chi connectivity index (χ2n) is 6.18. The second kappa shape index (κ2) is 7.68. The van der Waals surface area contributed by atoms with E-state index in [9.17, 15) is 22.8 Å². The molecule has 0 unspecified atom stereocenters. The van der Waals surface area contributed by atoms with E-state index < -0.39 is 30.2 Å². The fourth-order valence-electron chi connectivity index (χ4n) is 2.68. The number of alkyl halides is 3. The number of rotatable bonds is 4. The Balaban J connectivity index is 1.79. The van der Waals surface area contributed by atoms with Gasteiger partial charge in [-0.1, -0.05) is 6.92 Å². The maximum atomic E-state index is 12.5. The fraction of sp³-hybridized carbons (Fsp3) is 0.529. The number of esters is 1. The lowest BCUT2D eigenvalue weighted by molar-refractivity contribution is -0.137. The van der Waals surface area contributed by atoms with Gasteiger partial charge >= 0.3 is 12.1 Å². The third kappa shape index (κ3) is 5.25.